The second-order valence-electron chi connectivity index (χ2n) is 8.26. The standard InChI is InChI=1S/C23H20N2O4/c1-28-14-9-7-12(8-10-14)20-19-15-11-16(21(19)29-24-20)18-17(15)22(26)25(23(18)27)13-5-3-2-4-6-13/h2-10,15-19,21H,11H2,1H3/t15-,16-,17-,18-,19+,21-/m1/s1. The number of anilines is 1. The molecule has 146 valence electrons. The quantitative estimate of drug-likeness (QED) is 0.759. The Balaban J connectivity index is 1.34. The van der Waals surface area contributed by atoms with Crippen molar-refractivity contribution >= 4 is 23.2 Å². The molecule has 2 amide bonds. The number of methoxy groups -OCH3 is 1. The summed E-state index contributed by atoms with van der Waals surface area (Å²) in [6.07, 6.45) is 0.728. The lowest BCUT2D eigenvalue weighted by Crippen LogP contribution is -2.41. The maximum absolute atomic E-state index is 13.3. The first-order valence-electron chi connectivity index (χ1n) is 10.00. The SMILES string of the molecule is COc1ccc(C2=NO[C@@H]3[C@@H]4C[C@@H]([C@@H]23)[C@H]2C(=O)N(c3ccccc3)C(=O)[C@H]42)cc1. The van der Waals surface area contributed by atoms with Crippen molar-refractivity contribution in [1.82, 2.24) is 0 Å². The molecule has 0 radical (unpaired) electrons. The molecule has 2 aromatic carbocycles. The maximum atomic E-state index is 13.3. The van der Waals surface area contributed by atoms with E-state index in [1.165, 1.54) is 4.90 Å². The summed E-state index contributed by atoms with van der Waals surface area (Å²) in [4.78, 5) is 33.7. The van der Waals surface area contributed by atoms with E-state index in [4.69, 9.17) is 9.57 Å². The summed E-state index contributed by atoms with van der Waals surface area (Å²) in [6.45, 7) is 0. The number of rotatable bonds is 3. The van der Waals surface area contributed by atoms with E-state index in [-0.39, 0.29) is 47.5 Å². The topological polar surface area (TPSA) is 68.2 Å². The molecule has 0 aromatic heterocycles. The molecule has 0 N–H and O–H groups in total. The molecule has 2 heterocycles. The number of benzene rings is 2. The van der Waals surface area contributed by atoms with Crippen LogP contribution >= 0.6 is 0 Å². The third-order valence-electron chi connectivity index (χ3n) is 7.09. The fourth-order valence-electron chi connectivity index (χ4n) is 5.96. The molecular weight excluding hydrogens is 368 g/mol. The van der Waals surface area contributed by atoms with Gasteiger partial charge in [-0.25, -0.2) is 0 Å². The van der Waals surface area contributed by atoms with Gasteiger partial charge in [-0.3, -0.25) is 14.5 Å². The summed E-state index contributed by atoms with van der Waals surface area (Å²) in [7, 11) is 1.64. The van der Waals surface area contributed by atoms with Crippen molar-refractivity contribution in [3.8, 4) is 5.75 Å². The summed E-state index contributed by atoms with van der Waals surface area (Å²) >= 11 is 0. The van der Waals surface area contributed by atoms with Gasteiger partial charge in [0.15, 0.2) is 0 Å². The second-order valence-corrected chi connectivity index (χ2v) is 8.26. The van der Waals surface area contributed by atoms with Crippen LogP contribution in [0, 0.1) is 29.6 Å². The van der Waals surface area contributed by atoms with Crippen LogP contribution in [0.3, 0.4) is 0 Å². The van der Waals surface area contributed by atoms with Crippen LogP contribution in [-0.2, 0) is 14.4 Å². The minimum Gasteiger partial charge on any atom is -0.497 e. The third-order valence-corrected chi connectivity index (χ3v) is 7.09. The van der Waals surface area contributed by atoms with E-state index in [1.54, 1.807) is 7.11 Å². The van der Waals surface area contributed by atoms with Gasteiger partial charge in [-0.2, -0.15) is 0 Å². The minimum absolute atomic E-state index is 0.0414. The minimum atomic E-state index is -0.292. The molecule has 2 aromatic rings. The fraction of sp³-hybridized carbons (Fsp3) is 0.348. The van der Waals surface area contributed by atoms with E-state index < -0.39 is 0 Å². The van der Waals surface area contributed by atoms with Gasteiger partial charge in [-0.05, 0) is 48.7 Å². The number of oxime groups is 1. The highest BCUT2D eigenvalue weighted by Gasteiger charge is 2.70. The number of hydrogen-bond acceptors (Lipinski definition) is 5. The molecule has 6 atom stereocenters. The van der Waals surface area contributed by atoms with Crippen LogP contribution in [0.4, 0.5) is 5.69 Å². The van der Waals surface area contributed by atoms with Crippen molar-refractivity contribution in [1.29, 1.82) is 0 Å². The molecule has 0 spiro atoms. The molecule has 6 heteroatoms. The fourth-order valence-corrected chi connectivity index (χ4v) is 5.96. The summed E-state index contributed by atoms with van der Waals surface area (Å²) in [6, 6.07) is 17.0. The lowest BCUT2D eigenvalue weighted by Gasteiger charge is -2.29. The number of ether oxygens (including phenoxy) is 1. The summed E-state index contributed by atoms with van der Waals surface area (Å²) in [5.41, 5.74) is 2.53. The van der Waals surface area contributed by atoms with Gasteiger partial charge < -0.3 is 9.57 Å². The van der Waals surface area contributed by atoms with Crippen LogP contribution in [0.25, 0.3) is 0 Å². The second kappa shape index (κ2) is 5.92. The molecule has 2 bridgehead atoms. The Morgan fingerprint density at radius 1 is 0.931 bits per heavy atom. The van der Waals surface area contributed by atoms with E-state index in [9.17, 15) is 9.59 Å². The Hall–Kier alpha value is -3.15. The zero-order valence-corrected chi connectivity index (χ0v) is 15.9. The van der Waals surface area contributed by atoms with Crippen molar-refractivity contribution in [2.45, 2.75) is 12.5 Å². The molecule has 1 saturated heterocycles. The first-order valence-corrected chi connectivity index (χ1v) is 10.00. The summed E-state index contributed by atoms with van der Waals surface area (Å²) < 4.78 is 5.25. The van der Waals surface area contributed by atoms with Crippen LogP contribution in [-0.4, -0.2) is 30.7 Å². The van der Waals surface area contributed by atoms with E-state index >= 15 is 0 Å². The number of fused-ring (bicyclic) bond motifs is 8. The van der Waals surface area contributed by atoms with Gasteiger partial charge in [0.05, 0.1) is 30.3 Å². The van der Waals surface area contributed by atoms with Gasteiger partial charge >= 0.3 is 0 Å². The van der Waals surface area contributed by atoms with Crippen molar-refractivity contribution in [3.63, 3.8) is 0 Å². The van der Waals surface area contributed by atoms with Crippen molar-refractivity contribution in [2.75, 3.05) is 12.0 Å². The normalized spacial score (nSPS) is 34.1. The van der Waals surface area contributed by atoms with Crippen molar-refractivity contribution in [3.05, 3.63) is 60.2 Å². The lowest BCUT2D eigenvalue weighted by atomic mass is 9.71. The molecular formula is C23H20N2O4. The van der Waals surface area contributed by atoms with Gasteiger partial charge in [-0.1, -0.05) is 23.4 Å². The van der Waals surface area contributed by atoms with Crippen LogP contribution in [0.2, 0.25) is 0 Å². The molecule has 29 heavy (non-hydrogen) atoms. The molecule has 6 rings (SSSR count). The van der Waals surface area contributed by atoms with Gasteiger partial charge in [0.25, 0.3) is 0 Å². The number of carbonyl (C=O) groups is 2. The predicted molar refractivity (Wildman–Crippen MR) is 105 cm³/mol. The Morgan fingerprint density at radius 3 is 2.31 bits per heavy atom. The highest BCUT2D eigenvalue weighted by Crippen LogP contribution is 2.62. The van der Waals surface area contributed by atoms with Gasteiger partial charge in [-0.15, -0.1) is 0 Å². The predicted octanol–water partition coefficient (Wildman–Crippen LogP) is 2.87. The summed E-state index contributed by atoms with van der Waals surface area (Å²) in [5, 5.41) is 4.38. The van der Waals surface area contributed by atoms with Crippen LogP contribution in [0.5, 0.6) is 5.75 Å². The highest BCUT2D eigenvalue weighted by atomic mass is 16.6. The van der Waals surface area contributed by atoms with Gasteiger partial charge in [0, 0.05) is 17.4 Å². The smallest absolute Gasteiger partial charge is 0.238 e. The zero-order valence-electron chi connectivity index (χ0n) is 15.9. The zero-order chi connectivity index (χ0) is 19.7. The van der Waals surface area contributed by atoms with Crippen LogP contribution < -0.4 is 9.64 Å². The first-order chi connectivity index (χ1) is 14.2. The van der Waals surface area contributed by atoms with Crippen molar-refractivity contribution < 1.29 is 19.2 Å². The molecule has 0 unspecified atom stereocenters. The average Bonchev–Trinajstić information content (AvgIpc) is 3.49. The number of amides is 2. The third kappa shape index (κ3) is 2.14. The number of carbonyl (C=O) groups excluding carboxylic acids is 2. The number of nitrogens with zero attached hydrogens (tertiary/aromatic N) is 2. The van der Waals surface area contributed by atoms with Crippen molar-refractivity contribution in [2.24, 2.45) is 34.7 Å². The molecule has 2 saturated carbocycles. The Morgan fingerprint density at radius 2 is 1.62 bits per heavy atom. The molecule has 3 fully saturated rings. The molecule has 2 aliphatic carbocycles. The largest absolute Gasteiger partial charge is 0.497 e. The Kier molecular flexibility index (Phi) is 3.43. The van der Waals surface area contributed by atoms with E-state index in [1.807, 2.05) is 54.6 Å². The van der Waals surface area contributed by atoms with Crippen LogP contribution in [0.15, 0.2) is 59.8 Å². The number of hydrogen-bond donors (Lipinski definition) is 0. The Labute approximate surface area is 168 Å². The maximum Gasteiger partial charge on any atom is 0.238 e. The first kappa shape index (κ1) is 16.8. The van der Waals surface area contributed by atoms with Gasteiger partial charge in [0.2, 0.25) is 11.8 Å². The Bertz CT molecular complexity index is 1030. The number of para-hydroxylation sites is 1. The molecule has 6 nitrogen and oxygen atoms in total. The van der Waals surface area contributed by atoms with E-state index in [0.29, 0.717) is 5.69 Å². The van der Waals surface area contributed by atoms with E-state index in [2.05, 4.69) is 5.16 Å². The summed E-state index contributed by atoms with van der Waals surface area (Å²) in [5.74, 6) is 0.244. The van der Waals surface area contributed by atoms with E-state index in [0.717, 1.165) is 23.4 Å². The highest BCUT2D eigenvalue weighted by molar-refractivity contribution is 6.23. The molecule has 2 aliphatic heterocycles. The van der Waals surface area contributed by atoms with Gasteiger partial charge in [0.1, 0.15) is 11.9 Å². The number of imide groups is 1. The lowest BCUT2D eigenvalue weighted by molar-refractivity contribution is -0.125. The van der Waals surface area contributed by atoms with Crippen LogP contribution in [0.1, 0.15) is 12.0 Å². The average molecular weight is 388 g/mol. The monoisotopic (exact) mass is 388 g/mol. The molecule has 4 aliphatic rings.